The summed E-state index contributed by atoms with van der Waals surface area (Å²) in [6.07, 6.45) is 0.452. The summed E-state index contributed by atoms with van der Waals surface area (Å²) in [5.41, 5.74) is 2.14. The van der Waals surface area contributed by atoms with Gasteiger partial charge in [0.2, 0.25) is 0 Å². The van der Waals surface area contributed by atoms with Gasteiger partial charge in [0, 0.05) is 0 Å². The molecule has 0 fully saturated rings. The molecule has 1 nitrogen and oxygen atoms in total. The van der Waals surface area contributed by atoms with Crippen molar-refractivity contribution in [3.63, 3.8) is 0 Å². The SMILES string of the molecule is Cc1ccc(F)cc1-c1ccc(F)c(C=O)c1. The molecule has 0 saturated heterocycles. The Morgan fingerprint density at radius 3 is 2.53 bits per heavy atom. The van der Waals surface area contributed by atoms with E-state index in [2.05, 4.69) is 0 Å². The topological polar surface area (TPSA) is 17.1 Å². The fourth-order valence-corrected chi connectivity index (χ4v) is 1.71. The molecule has 17 heavy (non-hydrogen) atoms. The molecule has 0 aliphatic carbocycles. The second kappa shape index (κ2) is 4.45. The highest BCUT2D eigenvalue weighted by Crippen LogP contribution is 2.25. The third-order valence-corrected chi connectivity index (χ3v) is 2.63. The summed E-state index contributed by atoms with van der Waals surface area (Å²) in [5, 5.41) is 0. The van der Waals surface area contributed by atoms with Crippen molar-refractivity contribution < 1.29 is 13.6 Å². The van der Waals surface area contributed by atoms with Crippen LogP contribution in [0.1, 0.15) is 15.9 Å². The zero-order valence-electron chi connectivity index (χ0n) is 9.21. The number of hydrogen-bond acceptors (Lipinski definition) is 1. The molecule has 0 unspecified atom stereocenters. The van der Waals surface area contributed by atoms with Gasteiger partial charge in [0.05, 0.1) is 5.56 Å². The van der Waals surface area contributed by atoms with Gasteiger partial charge in [-0.2, -0.15) is 0 Å². The number of aldehydes is 1. The lowest BCUT2D eigenvalue weighted by Gasteiger charge is -2.07. The van der Waals surface area contributed by atoms with Gasteiger partial charge >= 0.3 is 0 Å². The van der Waals surface area contributed by atoms with E-state index in [9.17, 15) is 13.6 Å². The number of aryl methyl sites for hydroxylation is 1. The maximum atomic E-state index is 13.2. The third-order valence-electron chi connectivity index (χ3n) is 2.63. The highest BCUT2D eigenvalue weighted by Gasteiger charge is 2.07. The van der Waals surface area contributed by atoms with Gasteiger partial charge in [-0.15, -0.1) is 0 Å². The lowest BCUT2D eigenvalue weighted by Crippen LogP contribution is -1.91. The summed E-state index contributed by atoms with van der Waals surface area (Å²) in [4.78, 5) is 10.6. The van der Waals surface area contributed by atoms with Gasteiger partial charge in [-0.3, -0.25) is 4.79 Å². The molecule has 3 heteroatoms. The average molecular weight is 232 g/mol. The first-order valence-electron chi connectivity index (χ1n) is 5.13. The Morgan fingerprint density at radius 1 is 1.06 bits per heavy atom. The zero-order valence-corrected chi connectivity index (χ0v) is 9.21. The minimum Gasteiger partial charge on any atom is -0.298 e. The first-order valence-corrected chi connectivity index (χ1v) is 5.13. The van der Waals surface area contributed by atoms with Crippen LogP contribution in [0.4, 0.5) is 8.78 Å². The van der Waals surface area contributed by atoms with E-state index in [1.165, 1.54) is 30.3 Å². The number of carbonyl (C=O) groups excluding carboxylic acids is 1. The van der Waals surface area contributed by atoms with Crippen LogP contribution in [-0.2, 0) is 0 Å². The van der Waals surface area contributed by atoms with E-state index in [1.807, 2.05) is 6.92 Å². The number of carbonyl (C=O) groups is 1. The van der Waals surface area contributed by atoms with E-state index in [0.29, 0.717) is 17.4 Å². The minimum absolute atomic E-state index is 0.0221. The molecule has 0 amide bonds. The van der Waals surface area contributed by atoms with E-state index in [0.717, 1.165) is 5.56 Å². The highest BCUT2D eigenvalue weighted by molar-refractivity contribution is 5.80. The van der Waals surface area contributed by atoms with Crippen LogP contribution in [0.5, 0.6) is 0 Å². The Bertz CT molecular complexity index is 576. The fraction of sp³-hybridized carbons (Fsp3) is 0.0714. The molecule has 0 aromatic heterocycles. The molecule has 0 radical (unpaired) electrons. The van der Waals surface area contributed by atoms with Gasteiger partial charge < -0.3 is 0 Å². The minimum atomic E-state index is -0.571. The molecular weight excluding hydrogens is 222 g/mol. The Morgan fingerprint density at radius 2 is 1.82 bits per heavy atom. The monoisotopic (exact) mass is 232 g/mol. The Balaban J connectivity index is 2.60. The van der Waals surface area contributed by atoms with Crippen LogP contribution >= 0.6 is 0 Å². The summed E-state index contributed by atoms with van der Waals surface area (Å²) >= 11 is 0. The van der Waals surface area contributed by atoms with Crippen LogP contribution in [-0.4, -0.2) is 6.29 Å². The van der Waals surface area contributed by atoms with Crippen LogP contribution in [0.15, 0.2) is 36.4 Å². The fourth-order valence-electron chi connectivity index (χ4n) is 1.71. The third kappa shape index (κ3) is 2.23. The van der Waals surface area contributed by atoms with E-state index in [-0.39, 0.29) is 11.4 Å². The quantitative estimate of drug-likeness (QED) is 0.720. The summed E-state index contributed by atoms with van der Waals surface area (Å²) < 4.78 is 26.3. The summed E-state index contributed by atoms with van der Waals surface area (Å²) in [5.74, 6) is -0.930. The standard InChI is InChI=1S/C14H10F2O/c1-9-2-4-12(15)7-13(9)10-3-5-14(16)11(6-10)8-17/h2-8H,1H3. The lowest BCUT2D eigenvalue weighted by molar-refractivity contribution is 0.112. The smallest absolute Gasteiger partial charge is 0.153 e. The van der Waals surface area contributed by atoms with E-state index in [1.54, 1.807) is 6.07 Å². The van der Waals surface area contributed by atoms with Crippen LogP contribution in [0.25, 0.3) is 11.1 Å². The molecule has 86 valence electrons. The van der Waals surface area contributed by atoms with Gasteiger partial charge in [0.15, 0.2) is 6.29 Å². The molecule has 0 heterocycles. The van der Waals surface area contributed by atoms with Crippen LogP contribution in [0.3, 0.4) is 0 Å². The second-order valence-electron chi connectivity index (χ2n) is 3.81. The van der Waals surface area contributed by atoms with Gasteiger partial charge in [0.25, 0.3) is 0 Å². The van der Waals surface area contributed by atoms with Crippen molar-refractivity contribution in [3.8, 4) is 11.1 Å². The van der Waals surface area contributed by atoms with Crippen molar-refractivity contribution in [2.75, 3.05) is 0 Å². The number of benzene rings is 2. The van der Waals surface area contributed by atoms with Crippen LogP contribution in [0, 0.1) is 18.6 Å². The summed E-state index contributed by atoms with van der Waals surface area (Å²) in [6, 6.07) is 8.55. The van der Waals surface area contributed by atoms with E-state index >= 15 is 0 Å². The van der Waals surface area contributed by atoms with Crippen molar-refractivity contribution >= 4 is 6.29 Å². The summed E-state index contributed by atoms with van der Waals surface area (Å²) in [6.45, 7) is 1.83. The molecule has 2 rings (SSSR count). The molecule has 0 spiro atoms. The number of halogens is 2. The maximum absolute atomic E-state index is 13.2. The largest absolute Gasteiger partial charge is 0.298 e. The van der Waals surface area contributed by atoms with Gasteiger partial charge in [0.1, 0.15) is 11.6 Å². The molecule has 2 aromatic rings. The molecule has 2 aromatic carbocycles. The molecular formula is C14H10F2O. The average Bonchev–Trinajstić information content (AvgIpc) is 2.33. The van der Waals surface area contributed by atoms with Crippen molar-refractivity contribution in [2.45, 2.75) is 6.92 Å². The lowest BCUT2D eigenvalue weighted by atomic mass is 9.99. The molecule has 0 saturated carbocycles. The molecule has 0 bridgehead atoms. The predicted octanol–water partition coefficient (Wildman–Crippen LogP) is 3.75. The predicted molar refractivity (Wildman–Crippen MR) is 61.9 cm³/mol. The Kier molecular flexibility index (Phi) is 3.00. The van der Waals surface area contributed by atoms with Crippen molar-refractivity contribution in [2.24, 2.45) is 0 Å². The molecule has 0 atom stereocenters. The van der Waals surface area contributed by atoms with Crippen LogP contribution < -0.4 is 0 Å². The second-order valence-corrected chi connectivity index (χ2v) is 3.81. The van der Waals surface area contributed by atoms with E-state index < -0.39 is 5.82 Å². The van der Waals surface area contributed by atoms with Crippen molar-refractivity contribution in [3.05, 3.63) is 59.2 Å². The Labute approximate surface area is 97.7 Å². The van der Waals surface area contributed by atoms with Gasteiger partial charge in [-0.1, -0.05) is 12.1 Å². The number of hydrogen-bond donors (Lipinski definition) is 0. The maximum Gasteiger partial charge on any atom is 0.153 e. The highest BCUT2D eigenvalue weighted by atomic mass is 19.1. The molecule has 0 N–H and O–H groups in total. The summed E-state index contributed by atoms with van der Waals surface area (Å²) in [7, 11) is 0. The van der Waals surface area contributed by atoms with Crippen molar-refractivity contribution in [1.82, 2.24) is 0 Å². The zero-order chi connectivity index (χ0) is 12.4. The van der Waals surface area contributed by atoms with Crippen LogP contribution in [0.2, 0.25) is 0 Å². The van der Waals surface area contributed by atoms with Crippen molar-refractivity contribution in [1.29, 1.82) is 0 Å². The van der Waals surface area contributed by atoms with E-state index in [4.69, 9.17) is 0 Å². The van der Waals surface area contributed by atoms with Gasteiger partial charge in [-0.25, -0.2) is 8.78 Å². The number of rotatable bonds is 2. The normalized spacial score (nSPS) is 10.3. The molecule has 0 aliphatic rings. The van der Waals surface area contributed by atoms with Gasteiger partial charge in [-0.05, 0) is 47.9 Å². The molecule has 0 aliphatic heterocycles. The Hall–Kier alpha value is -2.03. The first kappa shape index (κ1) is 11.5. The first-order chi connectivity index (χ1) is 8.11.